The minimum atomic E-state index is -0.237. The molecule has 1 atom stereocenters. The summed E-state index contributed by atoms with van der Waals surface area (Å²) in [6.07, 6.45) is 1.57. The van der Waals surface area contributed by atoms with Crippen LogP contribution in [0.15, 0.2) is 36.4 Å². The van der Waals surface area contributed by atoms with Crippen LogP contribution in [-0.2, 0) is 9.53 Å². The van der Waals surface area contributed by atoms with Crippen LogP contribution in [0.25, 0.3) is 11.3 Å². The van der Waals surface area contributed by atoms with Crippen molar-refractivity contribution in [3.63, 3.8) is 0 Å². The van der Waals surface area contributed by atoms with Gasteiger partial charge >= 0.3 is 5.97 Å². The molecular weight excluding hydrogens is 306 g/mol. The number of likely N-dealkylation sites (tertiary alicyclic amines) is 1. The van der Waals surface area contributed by atoms with Crippen molar-refractivity contribution < 1.29 is 14.3 Å². The lowest BCUT2D eigenvalue weighted by atomic mass is 9.98. The van der Waals surface area contributed by atoms with E-state index >= 15 is 0 Å². The zero-order valence-electron chi connectivity index (χ0n) is 13.7. The van der Waals surface area contributed by atoms with E-state index in [-0.39, 0.29) is 17.8 Å². The van der Waals surface area contributed by atoms with Gasteiger partial charge in [-0.05, 0) is 25.8 Å². The fourth-order valence-corrected chi connectivity index (χ4v) is 2.97. The molecule has 1 saturated heterocycles. The van der Waals surface area contributed by atoms with Crippen molar-refractivity contribution in [1.29, 1.82) is 0 Å². The second-order valence-electron chi connectivity index (χ2n) is 5.88. The van der Waals surface area contributed by atoms with Crippen LogP contribution in [0, 0.1) is 5.92 Å². The molecule has 1 fully saturated rings. The lowest BCUT2D eigenvalue weighted by Crippen LogP contribution is -2.43. The van der Waals surface area contributed by atoms with E-state index in [4.69, 9.17) is 4.74 Å². The second-order valence-corrected chi connectivity index (χ2v) is 5.88. The first-order valence-electron chi connectivity index (χ1n) is 8.25. The topological polar surface area (TPSA) is 75.3 Å². The summed E-state index contributed by atoms with van der Waals surface area (Å²) in [6.45, 7) is 3.20. The molecule has 126 valence electrons. The molecule has 0 unspecified atom stereocenters. The van der Waals surface area contributed by atoms with Crippen molar-refractivity contribution >= 4 is 11.9 Å². The number of benzene rings is 1. The molecular formula is C18H21N3O3. The first-order chi connectivity index (χ1) is 11.7. The number of hydrogen-bond donors (Lipinski definition) is 1. The molecule has 0 bridgehead atoms. The van der Waals surface area contributed by atoms with Crippen LogP contribution in [0.4, 0.5) is 0 Å². The van der Waals surface area contributed by atoms with Gasteiger partial charge in [0.2, 0.25) is 0 Å². The zero-order chi connectivity index (χ0) is 16.9. The maximum absolute atomic E-state index is 12.7. The number of piperidine rings is 1. The Hall–Kier alpha value is -2.63. The number of ether oxygens (including phenoxy) is 1. The standard InChI is InChI=1S/C18H21N3O3/c1-2-24-18(23)14-9-6-10-21(12-14)17(22)16-11-15(19-20-16)13-7-4-3-5-8-13/h3-5,7-8,11,14H,2,6,9-10,12H2,1H3,(H,19,20)/t14-/m1/s1. The molecule has 6 heteroatoms. The zero-order valence-corrected chi connectivity index (χ0v) is 13.7. The highest BCUT2D eigenvalue weighted by atomic mass is 16.5. The number of rotatable bonds is 4. The van der Waals surface area contributed by atoms with E-state index in [1.165, 1.54) is 0 Å². The van der Waals surface area contributed by atoms with Gasteiger partial charge in [-0.3, -0.25) is 14.7 Å². The lowest BCUT2D eigenvalue weighted by Gasteiger charge is -2.31. The Morgan fingerprint density at radius 2 is 2.12 bits per heavy atom. The number of H-pyrrole nitrogens is 1. The largest absolute Gasteiger partial charge is 0.466 e. The first kappa shape index (κ1) is 16.2. The van der Waals surface area contributed by atoms with Gasteiger partial charge in [0.1, 0.15) is 5.69 Å². The van der Waals surface area contributed by atoms with Crippen LogP contribution in [0.1, 0.15) is 30.3 Å². The van der Waals surface area contributed by atoms with Crippen molar-refractivity contribution in [2.45, 2.75) is 19.8 Å². The van der Waals surface area contributed by atoms with Crippen LogP contribution in [0.5, 0.6) is 0 Å². The molecule has 1 aromatic heterocycles. The van der Waals surface area contributed by atoms with Gasteiger partial charge in [0.05, 0.1) is 18.2 Å². The van der Waals surface area contributed by atoms with Crippen LogP contribution in [-0.4, -0.2) is 46.7 Å². The van der Waals surface area contributed by atoms with E-state index in [2.05, 4.69) is 10.2 Å². The molecule has 1 aliphatic rings. The minimum Gasteiger partial charge on any atom is -0.466 e. The second kappa shape index (κ2) is 7.29. The van der Waals surface area contributed by atoms with Gasteiger partial charge in [0, 0.05) is 18.7 Å². The average Bonchev–Trinajstić information content (AvgIpc) is 3.12. The van der Waals surface area contributed by atoms with Gasteiger partial charge in [-0.15, -0.1) is 0 Å². The molecule has 1 amide bonds. The molecule has 3 rings (SSSR count). The SMILES string of the molecule is CCOC(=O)[C@@H]1CCCN(C(=O)c2cc(-c3ccccc3)n[nH]2)C1. The lowest BCUT2D eigenvalue weighted by molar-refractivity contribution is -0.149. The monoisotopic (exact) mass is 327 g/mol. The number of aromatic amines is 1. The third kappa shape index (κ3) is 3.48. The molecule has 24 heavy (non-hydrogen) atoms. The first-order valence-corrected chi connectivity index (χ1v) is 8.25. The number of carbonyl (C=O) groups is 2. The number of nitrogens with zero attached hydrogens (tertiary/aromatic N) is 2. The molecule has 1 N–H and O–H groups in total. The summed E-state index contributed by atoms with van der Waals surface area (Å²) >= 11 is 0. The molecule has 6 nitrogen and oxygen atoms in total. The highest BCUT2D eigenvalue weighted by Crippen LogP contribution is 2.21. The van der Waals surface area contributed by atoms with E-state index in [0.717, 1.165) is 24.1 Å². The quantitative estimate of drug-likeness (QED) is 0.876. The highest BCUT2D eigenvalue weighted by Gasteiger charge is 2.30. The summed E-state index contributed by atoms with van der Waals surface area (Å²) in [5.41, 5.74) is 2.13. The van der Waals surface area contributed by atoms with Crippen LogP contribution >= 0.6 is 0 Å². The van der Waals surface area contributed by atoms with Crippen molar-refractivity contribution in [2.24, 2.45) is 5.92 Å². The number of aromatic nitrogens is 2. The fraction of sp³-hybridized carbons (Fsp3) is 0.389. The molecule has 2 aromatic rings. The van der Waals surface area contributed by atoms with Crippen LogP contribution in [0.3, 0.4) is 0 Å². The predicted molar refractivity (Wildman–Crippen MR) is 89.3 cm³/mol. The molecule has 0 radical (unpaired) electrons. The van der Waals surface area contributed by atoms with E-state index in [1.54, 1.807) is 17.9 Å². The summed E-state index contributed by atoms with van der Waals surface area (Å²) in [5, 5.41) is 7.03. The Morgan fingerprint density at radius 1 is 1.33 bits per heavy atom. The minimum absolute atomic E-state index is 0.126. The van der Waals surface area contributed by atoms with Crippen LogP contribution in [0.2, 0.25) is 0 Å². The van der Waals surface area contributed by atoms with Gasteiger partial charge in [-0.1, -0.05) is 30.3 Å². The van der Waals surface area contributed by atoms with E-state index < -0.39 is 0 Å². The molecule has 1 aromatic carbocycles. The number of nitrogens with one attached hydrogen (secondary N) is 1. The number of esters is 1. The summed E-state index contributed by atoms with van der Waals surface area (Å²) < 4.78 is 5.08. The van der Waals surface area contributed by atoms with E-state index in [0.29, 0.717) is 25.4 Å². The van der Waals surface area contributed by atoms with E-state index in [1.807, 2.05) is 30.3 Å². The highest BCUT2D eigenvalue weighted by molar-refractivity contribution is 5.93. The van der Waals surface area contributed by atoms with E-state index in [9.17, 15) is 9.59 Å². The molecule has 0 saturated carbocycles. The maximum atomic E-state index is 12.7. The van der Waals surface area contributed by atoms with Crippen LogP contribution < -0.4 is 0 Å². The average molecular weight is 327 g/mol. The van der Waals surface area contributed by atoms with Gasteiger partial charge in [0.15, 0.2) is 0 Å². The Morgan fingerprint density at radius 3 is 2.88 bits per heavy atom. The van der Waals surface area contributed by atoms with Gasteiger partial charge in [-0.25, -0.2) is 0 Å². The maximum Gasteiger partial charge on any atom is 0.310 e. The van der Waals surface area contributed by atoms with Crippen molar-refractivity contribution in [3.8, 4) is 11.3 Å². The van der Waals surface area contributed by atoms with Gasteiger partial charge in [-0.2, -0.15) is 5.10 Å². The summed E-state index contributed by atoms with van der Waals surface area (Å²) in [5.74, 6) is -0.581. The van der Waals surface area contributed by atoms with Crippen molar-refractivity contribution in [1.82, 2.24) is 15.1 Å². The molecule has 0 spiro atoms. The Bertz CT molecular complexity index is 711. The Kier molecular flexibility index (Phi) is 4.93. The van der Waals surface area contributed by atoms with Gasteiger partial charge in [0.25, 0.3) is 5.91 Å². The normalized spacial score (nSPS) is 17.5. The molecule has 1 aliphatic heterocycles. The molecule has 0 aliphatic carbocycles. The third-order valence-corrected chi connectivity index (χ3v) is 4.21. The number of amides is 1. The van der Waals surface area contributed by atoms with Crippen molar-refractivity contribution in [2.75, 3.05) is 19.7 Å². The number of carbonyl (C=O) groups excluding carboxylic acids is 2. The summed E-state index contributed by atoms with van der Waals surface area (Å²) in [7, 11) is 0. The molecule has 2 heterocycles. The third-order valence-electron chi connectivity index (χ3n) is 4.21. The van der Waals surface area contributed by atoms with Crippen molar-refractivity contribution in [3.05, 3.63) is 42.1 Å². The Labute approximate surface area is 140 Å². The Balaban J connectivity index is 1.70. The fourth-order valence-electron chi connectivity index (χ4n) is 2.97. The smallest absolute Gasteiger partial charge is 0.310 e. The number of hydrogen-bond acceptors (Lipinski definition) is 4. The van der Waals surface area contributed by atoms with Gasteiger partial charge < -0.3 is 9.64 Å². The summed E-state index contributed by atoms with van der Waals surface area (Å²) in [4.78, 5) is 26.3. The predicted octanol–water partition coefficient (Wildman–Crippen LogP) is 2.49. The summed E-state index contributed by atoms with van der Waals surface area (Å²) in [6, 6.07) is 11.4.